The Morgan fingerprint density at radius 2 is 1.56 bits per heavy atom. The third-order valence-corrected chi connectivity index (χ3v) is 6.32. The van der Waals surface area contributed by atoms with Crippen molar-refractivity contribution in [3.8, 4) is 0 Å². The van der Waals surface area contributed by atoms with Gasteiger partial charge in [0, 0.05) is 14.0 Å². The minimum absolute atomic E-state index is 0.133. The maximum absolute atomic E-state index is 13.2. The Hall–Kier alpha value is -2.74. The minimum atomic E-state index is -0.787. The van der Waals surface area contributed by atoms with E-state index in [-0.39, 0.29) is 5.57 Å². The molecule has 0 spiro atoms. The van der Waals surface area contributed by atoms with E-state index in [1.54, 1.807) is 24.3 Å². The van der Waals surface area contributed by atoms with Gasteiger partial charge in [-0.25, -0.2) is 9.69 Å². The lowest BCUT2D eigenvalue weighted by molar-refractivity contribution is -0.122. The Kier molecular flexibility index (Phi) is 6.60. The van der Waals surface area contributed by atoms with Gasteiger partial charge in [-0.05, 0) is 71.7 Å². The summed E-state index contributed by atoms with van der Waals surface area (Å²) in [5, 5.41) is 2.88. The molecule has 5 nitrogen and oxygen atoms in total. The van der Waals surface area contributed by atoms with E-state index in [4.69, 9.17) is 11.6 Å². The molecule has 1 saturated heterocycles. The van der Waals surface area contributed by atoms with Gasteiger partial charge in [0.2, 0.25) is 0 Å². The largest absolute Gasteiger partial charge is 0.335 e. The molecule has 0 aliphatic carbocycles. The molecule has 1 N–H and O–H groups in total. The standard InChI is InChI=1S/C24H15Br2ClN2O3/c25-17-7-9-19(10-8-17)29-23(31)20(22(30)28-24(29)32)13-16-12-18(26)6-5-14(16)11-15-3-1-2-4-21(15)27/h1-10,12-13H,11H2,(H,28,30,32)/b20-13+. The SMILES string of the molecule is O=C1NC(=O)N(c2ccc(Br)cc2)C(=O)/C1=C/c1cc(Br)ccc1Cc1ccccc1Cl. The van der Waals surface area contributed by atoms with Crippen molar-refractivity contribution < 1.29 is 14.4 Å². The lowest BCUT2D eigenvalue weighted by Gasteiger charge is -2.26. The van der Waals surface area contributed by atoms with Gasteiger partial charge in [0.1, 0.15) is 5.57 Å². The first-order valence-corrected chi connectivity index (χ1v) is 11.5. The molecule has 4 amide bonds. The van der Waals surface area contributed by atoms with Crippen LogP contribution in [0.5, 0.6) is 0 Å². The number of barbiturate groups is 1. The Morgan fingerprint density at radius 1 is 0.875 bits per heavy atom. The third-order valence-electron chi connectivity index (χ3n) is 4.93. The van der Waals surface area contributed by atoms with E-state index >= 15 is 0 Å². The molecule has 1 aliphatic heterocycles. The van der Waals surface area contributed by atoms with E-state index in [0.29, 0.717) is 22.7 Å². The lowest BCUT2D eigenvalue weighted by Crippen LogP contribution is -2.54. The van der Waals surface area contributed by atoms with Crippen molar-refractivity contribution in [3.05, 3.63) is 103 Å². The predicted octanol–water partition coefficient (Wildman–Crippen LogP) is 6.12. The molecule has 32 heavy (non-hydrogen) atoms. The Bertz CT molecular complexity index is 1270. The zero-order valence-electron chi connectivity index (χ0n) is 16.4. The summed E-state index contributed by atoms with van der Waals surface area (Å²) in [6.45, 7) is 0. The predicted molar refractivity (Wildman–Crippen MR) is 132 cm³/mol. The van der Waals surface area contributed by atoms with E-state index in [0.717, 1.165) is 25.0 Å². The number of urea groups is 1. The number of halogens is 3. The van der Waals surface area contributed by atoms with Crippen LogP contribution in [-0.2, 0) is 16.0 Å². The molecule has 4 rings (SSSR count). The fourth-order valence-corrected chi connectivity index (χ4v) is 4.19. The summed E-state index contributed by atoms with van der Waals surface area (Å²) < 4.78 is 1.59. The van der Waals surface area contributed by atoms with Gasteiger partial charge in [-0.15, -0.1) is 0 Å². The number of nitrogens with zero attached hydrogens (tertiary/aromatic N) is 1. The highest BCUT2D eigenvalue weighted by molar-refractivity contribution is 9.10. The van der Waals surface area contributed by atoms with E-state index in [1.165, 1.54) is 6.08 Å². The molecule has 3 aromatic carbocycles. The first-order chi connectivity index (χ1) is 15.3. The summed E-state index contributed by atoms with van der Waals surface area (Å²) in [5.74, 6) is -1.43. The summed E-state index contributed by atoms with van der Waals surface area (Å²) in [6, 6.07) is 19.0. The summed E-state index contributed by atoms with van der Waals surface area (Å²) in [7, 11) is 0. The molecule has 0 saturated carbocycles. The van der Waals surface area contributed by atoms with Crippen LogP contribution in [0.15, 0.2) is 81.2 Å². The van der Waals surface area contributed by atoms with Gasteiger partial charge in [-0.2, -0.15) is 0 Å². The van der Waals surface area contributed by atoms with Crippen LogP contribution >= 0.6 is 43.5 Å². The molecule has 3 aromatic rings. The van der Waals surface area contributed by atoms with Crippen molar-refractivity contribution in [3.63, 3.8) is 0 Å². The second-order valence-corrected chi connectivity index (χ2v) is 9.28. The molecule has 1 aliphatic rings. The quantitative estimate of drug-likeness (QED) is 0.302. The number of carbonyl (C=O) groups excluding carboxylic acids is 3. The highest BCUT2D eigenvalue weighted by Gasteiger charge is 2.36. The van der Waals surface area contributed by atoms with Crippen LogP contribution in [0.2, 0.25) is 5.02 Å². The van der Waals surface area contributed by atoms with Crippen molar-refractivity contribution in [2.45, 2.75) is 6.42 Å². The van der Waals surface area contributed by atoms with E-state index in [2.05, 4.69) is 37.2 Å². The molecule has 8 heteroatoms. The summed E-state index contributed by atoms with van der Waals surface area (Å²) in [4.78, 5) is 39.1. The van der Waals surface area contributed by atoms with Crippen LogP contribution in [0, 0.1) is 0 Å². The van der Waals surface area contributed by atoms with Crippen molar-refractivity contribution in [2.75, 3.05) is 4.90 Å². The normalized spacial score (nSPS) is 15.3. The molecule has 0 radical (unpaired) electrons. The number of hydrogen-bond donors (Lipinski definition) is 1. The molecular weight excluding hydrogens is 560 g/mol. The number of carbonyl (C=O) groups is 3. The van der Waals surface area contributed by atoms with Crippen molar-refractivity contribution in [2.24, 2.45) is 0 Å². The number of anilines is 1. The van der Waals surface area contributed by atoms with Gasteiger partial charge in [0.15, 0.2) is 0 Å². The molecule has 1 heterocycles. The van der Waals surface area contributed by atoms with Gasteiger partial charge < -0.3 is 0 Å². The molecular formula is C24H15Br2ClN2O3. The molecule has 0 aromatic heterocycles. The highest BCUT2D eigenvalue weighted by Crippen LogP contribution is 2.27. The van der Waals surface area contributed by atoms with Crippen LogP contribution in [0.3, 0.4) is 0 Å². The van der Waals surface area contributed by atoms with E-state index < -0.39 is 17.8 Å². The second-order valence-electron chi connectivity index (χ2n) is 7.05. The summed E-state index contributed by atoms with van der Waals surface area (Å²) in [5.41, 5.74) is 2.69. The third kappa shape index (κ3) is 4.70. The summed E-state index contributed by atoms with van der Waals surface area (Å²) in [6.07, 6.45) is 2.02. The minimum Gasteiger partial charge on any atom is -0.273 e. The van der Waals surface area contributed by atoms with Gasteiger partial charge in [0.05, 0.1) is 5.69 Å². The van der Waals surface area contributed by atoms with Crippen molar-refractivity contribution in [1.29, 1.82) is 0 Å². The van der Waals surface area contributed by atoms with Crippen LogP contribution in [-0.4, -0.2) is 17.8 Å². The number of imide groups is 2. The van der Waals surface area contributed by atoms with Crippen LogP contribution in [0.25, 0.3) is 6.08 Å². The number of amides is 4. The Labute approximate surface area is 206 Å². The average molecular weight is 575 g/mol. The van der Waals surface area contributed by atoms with E-state index in [1.807, 2.05) is 42.5 Å². The zero-order chi connectivity index (χ0) is 22.8. The molecule has 160 valence electrons. The molecule has 0 atom stereocenters. The second kappa shape index (κ2) is 9.40. The lowest BCUT2D eigenvalue weighted by atomic mass is 9.97. The van der Waals surface area contributed by atoms with Crippen LogP contribution in [0.4, 0.5) is 10.5 Å². The summed E-state index contributed by atoms with van der Waals surface area (Å²) >= 11 is 13.1. The van der Waals surface area contributed by atoms with Crippen molar-refractivity contribution >= 4 is 73.1 Å². The average Bonchev–Trinajstić information content (AvgIpc) is 2.75. The van der Waals surface area contributed by atoms with Gasteiger partial charge in [-0.3, -0.25) is 14.9 Å². The number of benzene rings is 3. The number of rotatable bonds is 4. The van der Waals surface area contributed by atoms with Gasteiger partial charge in [-0.1, -0.05) is 67.7 Å². The number of hydrogen-bond acceptors (Lipinski definition) is 3. The topological polar surface area (TPSA) is 66.5 Å². The first kappa shape index (κ1) is 22.5. The Balaban J connectivity index is 1.75. The molecule has 0 bridgehead atoms. The zero-order valence-corrected chi connectivity index (χ0v) is 20.4. The fourth-order valence-electron chi connectivity index (χ4n) is 3.35. The van der Waals surface area contributed by atoms with Crippen LogP contribution in [0.1, 0.15) is 16.7 Å². The van der Waals surface area contributed by atoms with E-state index in [9.17, 15) is 14.4 Å². The monoisotopic (exact) mass is 572 g/mol. The molecule has 0 unspecified atom stereocenters. The van der Waals surface area contributed by atoms with Crippen molar-refractivity contribution in [1.82, 2.24) is 5.32 Å². The first-order valence-electron chi connectivity index (χ1n) is 9.52. The number of nitrogens with one attached hydrogen (secondary N) is 1. The fraction of sp³-hybridized carbons (Fsp3) is 0.0417. The smallest absolute Gasteiger partial charge is 0.273 e. The molecule has 1 fully saturated rings. The van der Waals surface area contributed by atoms with Gasteiger partial charge >= 0.3 is 6.03 Å². The Morgan fingerprint density at radius 3 is 2.28 bits per heavy atom. The van der Waals surface area contributed by atoms with Crippen LogP contribution < -0.4 is 10.2 Å². The highest BCUT2D eigenvalue weighted by atomic mass is 79.9. The maximum atomic E-state index is 13.2. The maximum Gasteiger partial charge on any atom is 0.335 e. The van der Waals surface area contributed by atoms with Gasteiger partial charge in [0.25, 0.3) is 11.8 Å².